The molecule has 1 unspecified atom stereocenters. The van der Waals surface area contributed by atoms with Gasteiger partial charge in [-0.25, -0.2) is 0 Å². The van der Waals surface area contributed by atoms with E-state index >= 15 is 0 Å². The van der Waals surface area contributed by atoms with Gasteiger partial charge in [-0.1, -0.05) is 116 Å². The van der Waals surface area contributed by atoms with Gasteiger partial charge in [-0.05, 0) is 55.2 Å². The van der Waals surface area contributed by atoms with Gasteiger partial charge in [-0.15, -0.1) is 0 Å². The largest absolute Gasteiger partial charge is 0.481 e. The second-order valence-corrected chi connectivity index (χ2v) is 10.6. The first-order chi connectivity index (χ1) is 17.4. The Bertz CT molecular complexity index is 1150. The normalized spacial score (nSPS) is 11.2. The van der Waals surface area contributed by atoms with Gasteiger partial charge in [0.2, 0.25) is 5.91 Å². The van der Waals surface area contributed by atoms with Crippen molar-refractivity contribution in [2.24, 2.45) is 5.92 Å². The number of carboxylic acids is 1. The molecule has 184 valence electrons. The first kappa shape index (κ1) is 26.8. The lowest BCUT2D eigenvalue weighted by Crippen LogP contribution is -2.29. The number of carbonyl (C=O) groups is 2. The highest BCUT2D eigenvalue weighted by Gasteiger charge is 2.24. The average Bonchev–Trinajstić information content (AvgIpc) is 2.89. The highest BCUT2D eigenvalue weighted by atomic mass is 31.1. The van der Waals surface area contributed by atoms with E-state index in [1.165, 1.54) is 15.9 Å². The van der Waals surface area contributed by atoms with Crippen molar-refractivity contribution in [2.45, 2.75) is 27.2 Å². The minimum atomic E-state index is -1.09. The van der Waals surface area contributed by atoms with Crippen LogP contribution in [0.2, 0.25) is 0 Å². The monoisotopic (exact) mass is 497 g/mol. The number of aliphatic carboxylic acids is 1. The summed E-state index contributed by atoms with van der Waals surface area (Å²) in [6.45, 7) is 5.44. The second-order valence-electron chi connectivity index (χ2n) is 8.40. The van der Waals surface area contributed by atoms with Gasteiger partial charge in [-0.2, -0.15) is 0 Å². The number of para-hydroxylation sites is 1. The first-order valence-corrected chi connectivity index (χ1v) is 13.3. The number of hydrogen-bond acceptors (Lipinski definition) is 2. The van der Waals surface area contributed by atoms with E-state index in [2.05, 4.69) is 96.3 Å². The van der Waals surface area contributed by atoms with Crippen LogP contribution in [0.4, 0.5) is 5.69 Å². The lowest BCUT2D eigenvalue weighted by molar-refractivity contribution is -0.145. The Balaban J connectivity index is 0.000000202. The van der Waals surface area contributed by atoms with Gasteiger partial charge < -0.3 is 10.4 Å². The van der Waals surface area contributed by atoms with Gasteiger partial charge in [0.25, 0.3) is 0 Å². The third-order valence-corrected chi connectivity index (χ3v) is 8.24. The predicted molar refractivity (Wildman–Crippen MR) is 151 cm³/mol. The first-order valence-electron chi connectivity index (χ1n) is 12.0. The molecule has 0 saturated carbocycles. The molecule has 0 fully saturated rings. The molecular weight excluding hydrogens is 465 g/mol. The minimum Gasteiger partial charge on any atom is -0.481 e. The molecule has 4 aromatic rings. The van der Waals surface area contributed by atoms with Gasteiger partial charge in [-0.3, -0.25) is 9.59 Å². The van der Waals surface area contributed by atoms with Crippen molar-refractivity contribution in [3.8, 4) is 0 Å². The summed E-state index contributed by atoms with van der Waals surface area (Å²) in [7, 11) is -0.446. The number of rotatable bonds is 7. The summed E-state index contributed by atoms with van der Waals surface area (Å²) in [6.07, 6.45) is 0.284. The SMILES string of the molecule is CCC(C(=O)O)C(=O)Nc1c(C)cccc1C.c1ccc(P(c2ccccc2)c2ccccc2)cc1. The highest BCUT2D eigenvalue weighted by molar-refractivity contribution is 7.79. The van der Waals surface area contributed by atoms with Crippen LogP contribution in [0.25, 0.3) is 0 Å². The highest BCUT2D eigenvalue weighted by Crippen LogP contribution is 2.32. The minimum absolute atomic E-state index is 0.284. The summed E-state index contributed by atoms with van der Waals surface area (Å²) in [5.74, 6) is -2.54. The van der Waals surface area contributed by atoms with Crippen LogP contribution in [0, 0.1) is 19.8 Å². The maximum atomic E-state index is 11.8. The van der Waals surface area contributed by atoms with Crippen LogP contribution in [-0.4, -0.2) is 17.0 Å². The molecule has 5 heteroatoms. The Labute approximate surface area is 214 Å². The van der Waals surface area contributed by atoms with Gasteiger partial charge in [0.15, 0.2) is 0 Å². The van der Waals surface area contributed by atoms with Crippen molar-refractivity contribution in [1.29, 1.82) is 0 Å². The number of amides is 1. The van der Waals surface area contributed by atoms with Gasteiger partial charge in [0, 0.05) is 5.69 Å². The maximum absolute atomic E-state index is 11.8. The quantitative estimate of drug-likeness (QED) is 0.251. The fourth-order valence-corrected chi connectivity index (χ4v) is 6.18. The van der Waals surface area contributed by atoms with Crippen molar-refractivity contribution in [3.05, 3.63) is 120 Å². The topological polar surface area (TPSA) is 66.4 Å². The third kappa shape index (κ3) is 7.13. The van der Waals surface area contributed by atoms with E-state index in [9.17, 15) is 9.59 Å². The lowest BCUT2D eigenvalue weighted by Gasteiger charge is -2.18. The van der Waals surface area contributed by atoms with E-state index in [4.69, 9.17) is 5.11 Å². The van der Waals surface area contributed by atoms with Crippen LogP contribution in [-0.2, 0) is 9.59 Å². The molecule has 1 atom stereocenters. The zero-order valence-electron chi connectivity index (χ0n) is 20.9. The van der Waals surface area contributed by atoms with Crippen LogP contribution in [0.3, 0.4) is 0 Å². The molecule has 0 bridgehead atoms. The molecular formula is C31H32NO3P. The predicted octanol–water partition coefficient (Wildman–Crippen LogP) is 5.80. The Morgan fingerprint density at radius 1 is 0.694 bits per heavy atom. The maximum Gasteiger partial charge on any atom is 0.316 e. The molecule has 0 aliphatic rings. The molecule has 1 amide bonds. The number of benzene rings is 4. The fourth-order valence-electron chi connectivity index (χ4n) is 3.87. The Hall–Kier alpha value is -3.75. The molecule has 0 aromatic heterocycles. The molecule has 0 aliphatic carbocycles. The molecule has 4 nitrogen and oxygen atoms in total. The van der Waals surface area contributed by atoms with Crippen LogP contribution < -0.4 is 21.2 Å². The summed E-state index contributed by atoms with van der Waals surface area (Å²) >= 11 is 0. The van der Waals surface area contributed by atoms with E-state index in [1.54, 1.807) is 6.92 Å². The van der Waals surface area contributed by atoms with E-state index in [0.29, 0.717) is 5.69 Å². The van der Waals surface area contributed by atoms with Crippen LogP contribution in [0.1, 0.15) is 24.5 Å². The smallest absolute Gasteiger partial charge is 0.316 e. The molecule has 0 radical (unpaired) electrons. The summed E-state index contributed by atoms with van der Waals surface area (Å²) < 4.78 is 0. The summed E-state index contributed by atoms with van der Waals surface area (Å²) in [4.78, 5) is 22.7. The number of carbonyl (C=O) groups excluding carboxylic acids is 1. The van der Waals surface area contributed by atoms with E-state index in [1.807, 2.05) is 32.0 Å². The number of anilines is 1. The second kappa shape index (κ2) is 13.4. The molecule has 2 N–H and O–H groups in total. The molecule has 0 aliphatic heterocycles. The number of hydrogen-bond donors (Lipinski definition) is 2. The molecule has 4 aromatic carbocycles. The molecule has 36 heavy (non-hydrogen) atoms. The van der Waals surface area contributed by atoms with E-state index in [-0.39, 0.29) is 6.42 Å². The Morgan fingerprint density at radius 3 is 1.42 bits per heavy atom. The standard InChI is InChI=1S/C18H15P.C13H17NO3/c1-4-10-16(11-5-1)19(17-12-6-2-7-13-17)18-14-8-3-9-15-18;1-4-10(13(16)17)12(15)14-11-8(2)6-5-7-9(11)3/h1-15H;5-7,10H,4H2,1-3H3,(H,14,15)(H,16,17). The number of carboxylic acid groups (broad SMARTS) is 1. The van der Waals surface area contributed by atoms with E-state index in [0.717, 1.165) is 11.1 Å². The Kier molecular flexibility index (Phi) is 9.97. The van der Waals surface area contributed by atoms with Crippen molar-refractivity contribution < 1.29 is 14.7 Å². The van der Waals surface area contributed by atoms with Gasteiger partial charge in [0.05, 0.1) is 0 Å². The van der Waals surface area contributed by atoms with Gasteiger partial charge in [0.1, 0.15) is 5.92 Å². The molecule has 0 heterocycles. The summed E-state index contributed by atoms with van der Waals surface area (Å²) in [5, 5.41) is 15.8. The Morgan fingerprint density at radius 2 is 1.08 bits per heavy atom. The summed E-state index contributed by atoms with van der Waals surface area (Å²) in [5.41, 5.74) is 2.56. The van der Waals surface area contributed by atoms with Crippen LogP contribution >= 0.6 is 7.92 Å². The number of nitrogens with one attached hydrogen (secondary N) is 1. The van der Waals surface area contributed by atoms with Crippen molar-refractivity contribution >= 4 is 41.4 Å². The fraction of sp³-hybridized carbons (Fsp3) is 0.161. The molecule has 4 rings (SSSR count). The van der Waals surface area contributed by atoms with Crippen molar-refractivity contribution in [2.75, 3.05) is 5.32 Å². The van der Waals surface area contributed by atoms with Crippen molar-refractivity contribution in [3.63, 3.8) is 0 Å². The lowest BCUT2D eigenvalue weighted by atomic mass is 10.0. The molecule has 0 spiro atoms. The van der Waals surface area contributed by atoms with Crippen LogP contribution in [0.5, 0.6) is 0 Å². The zero-order chi connectivity index (χ0) is 25.9. The summed E-state index contributed by atoms with van der Waals surface area (Å²) in [6, 6.07) is 38.0. The van der Waals surface area contributed by atoms with E-state index < -0.39 is 25.7 Å². The average molecular weight is 498 g/mol. The number of aryl methyl sites for hydroxylation is 2. The zero-order valence-corrected chi connectivity index (χ0v) is 21.8. The third-order valence-electron chi connectivity index (χ3n) is 5.80. The van der Waals surface area contributed by atoms with Crippen LogP contribution in [0.15, 0.2) is 109 Å². The molecule has 0 saturated heterocycles. The van der Waals surface area contributed by atoms with Crippen molar-refractivity contribution in [1.82, 2.24) is 0 Å². The van der Waals surface area contributed by atoms with Gasteiger partial charge >= 0.3 is 5.97 Å².